The number of aromatic nitrogens is 2. The number of nitrogens with zero attached hydrogens (tertiary/aromatic N) is 3. The number of rotatable bonds is 5. The maximum absolute atomic E-state index is 13.5. The Balaban J connectivity index is 1.88. The van der Waals surface area contributed by atoms with Gasteiger partial charge in [0.1, 0.15) is 6.61 Å². The number of carbonyl (C=O) groups excluding carboxylic acids is 1. The van der Waals surface area contributed by atoms with Crippen molar-refractivity contribution in [2.24, 2.45) is 11.7 Å². The SMILES string of the molecule is NNC(=O)N(N)c1cccc(C(F)(F)F)c1COc1ccn(-c2ccc(Cl)cc2)n1. The Morgan fingerprint density at radius 1 is 1.20 bits per heavy atom. The van der Waals surface area contributed by atoms with E-state index in [0.29, 0.717) is 15.7 Å². The van der Waals surface area contributed by atoms with Gasteiger partial charge in [-0.2, -0.15) is 13.2 Å². The van der Waals surface area contributed by atoms with E-state index in [1.165, 1.54) is 16.8 Å². The summed E-state index contributed by atoms with van der Waals surface area (Å²) in [7, 11) is 0. The molecule has 3 aromatic rings. The number of ether oxygens (including phenoxy) is 1. The van der Waals surface area contributed by atoms with E-state index in [1.54, 1.807) is 35.9 Å². The van der Waals surface area contributed by atoms with Gasteiger partial charge in [0.25, 0.3) is 0 Å². The van der Waals surface area contributed by atoms with E-state index in [4.69, 9.17) is 28.0 Å². The third-order valence-electron chi connectivity index (χ3n) is 4.08. The number of nitrogens with one attached hydrogen (secondary N) is 1. The fraction of sp³-hybridized carbons (Fsp3) is 0.111. The first-order chi connectivity index (χ1) is 14.2. The lowest BCUT2D eigenvalue weighted by atomic mass is 10.1. The normalized spacial score (nSPS) is 11.3. The minimum atomic E-state index is -4.70. The van der Waals surface area contributed by atoms with Gasteiger partial charge in [-0.25, -0.2) is 26.2 Å². The molecule has 0 aliphatic heterocycles. The minimum Gasteiger partial charge on any atom is -0.472 e. The van der Waals surface area contributed by atoms with Gasteiger partial charge in [0.2, 0.25) is 5.88 Å². The van der Waals surface area contributed by atoms with Crippen LogP contribution in [0.3, 0.4) is 0 Å². The van der Waals surface area contributed by atoms with Crippen LogP contribution in [-0.2, 0) is 12.8 Å². The molecule has 0 unspecified atom stereocenters. The van der Waals surface area contributed by atoms with E-state index in [9.17, 15) is 18.0 Å². The average Bonchev–Trinajstić information content (AvgIpc) is 3.19. The molecule has 0 aliphatic carbocycles. The standard InChI is InChI=1S/C18H16ClF3N6O2/c19-11-4-6-12(7-5-11)27-9-8-16(26-27)30-10-13-14(18(20,21)22)2-1-3-15(13)28(24)17(29)25-23/h1-9H,10,23-24H2,(H,25,29). The van der Waals surface area contributed by atoms with E-state index in [2.05, 4.69) is 5.10 Å². The lowest BCUT2D eigenvalue weighted by Crippen LogP contribution is -2.48. The van der Waals surface area contributed by atoms with Gasteiger partial charge < -0.3 is 4.74 Å². The van der Waals surface area contributed by atoms with Crippen LogP contribution in [-0.4, -0.2) is 15.8 Å². The highest BCUT2D eigenvalue weighted by Crippen LogP contribution is 2.36. The Labute approximate surface area is 173 Å². The quantitative estimate of drug-likeness (QED) is 0.320. The molecule has 0 radical (unpaired) electrons. The predicted molar refractivity (Wildman–Crippen MR) is 104 cm³/mol. The number of benzene rings is 2. The van der Waals surface area contributed by atoms with E-state index in [-0.39, 0.29) is 17.1 Å². The first-order valence-electron chi connectivity index (χ1n) is 8.39. The molecule has 0 spiro atoms. The molecule has 2 amide bonds. The van der Waals surface area contributed by atoms with Gasteiger partial charge in [0, 0.05) is 22.8 Å². The summed E-state index contributed by atoms with van der Waals surface area (Å²) in [6.07, 6.45) is -3.12. The van der Waals surface area contributed by atoms with E-state index >= 15 is 0 Å². The summed E-state index contributed by atoms with van der Waals surface area (Å²) in [4.78, 5) is 11.7. The summed E-state index contributed by atoms with van der Waals surface area (Å²) in [5.74, 6) is 10.7. The van der Waals surface area contributed by atoms with Crippen LogP contribution < -0.4 is 26.9 Å². The Morgan fingerprint density at radius 3 is 2.53 bits per heavy atom. The third-order valence-corrected chi connectivity index (χ3v) is 4.33. The molecule has 30 heavy (non-hydrogen) atoms. The minimum absolute atomic E-state index is 0.0692. The first kappa shape index (κ1) is 21.4. The largest absolute Gasteiger partial charge is 0.472 e. The maximum Gasteiger partial charge on any atom is 0.416 e. The van der Waals surface area contributed by atoms with Crippen LogP contribution in [0.1, 0.15) is 11.1 Å². The van der Waals surface area contributed by atoms with Crippen LogP contribution in [0.5, 0.6) is 5.88 Å². The second-order valence-electron chi connectivity index (χ2n) is 5.98. The molecule has 0 bridgehead atoms. The van der Waals surface area contributed by atoms with Gasteiger partial charge in [0.15, 0.2) is 0 Å². The number of hydrazine groups is 2. The van der Waals surface area contributed by atoms with E-state index in [1.807, 2.05) is 0 Å². The molecule has 158 valence electrons. The van der Waals surface area contributed by atoms with E-state index < -0.39 is 24.4 Å². The first-order valence-corrected chi connectivity index (χ1v) is 8.77. The monoisotopic (exact) mass is 440 g/mol. The van der Waals surface area contributed by atoms with Crippen molar-refractivity contribution in [2.75, 3.05) is 5.01 Å². The average molecular weight is 441 g/mol. The second kappa shape index (κ2) is 8.61. The zero-order chi connectivity index (χ0) is 21.9. The zero-order valence-corrected chi connectivity index (χ0v) is 16.0. The molecule has 0 aliphatic rings. The molecule has 0 atom stereocenters. The number of hydrogen-bond acceptors (Lipinski definition) is 5. The molecule has 2 aromatic carbocycles. The molecule has 0 fully saturated rings. The van der Waals surface area contributed by atoms with Crippen LogP contribution in [0, 0.1) is 0 Å². The van der Waals surface area contributed by atoms with Crippen LogP contribution >= 0.6 is 11.6 Å². The van der Waals surface area contributed by atoms with E-state index in [0.717, 1.165) is 12.1 Å². The lowest BCUT2D eigenvalue weighted by Gasteiger charge is -2.22. The summed E-state index contributed by atoms with van der Waals surface area (Å²) in [6.45, 7) is -0.547. The van der Waals surface area contributed by atoms with Gasteiger partial charge in [-0.15, -0.1) is 5.10 Å². The van der Waals surface area contributed by atoms with Gasteiger partial charge in [-0.1, -0.05) is 17.7 Å². The van der Waals surface area contributed by atoms with Crippen molar-refractivity contribution < 1.29 is 22.7 Å². The summed E-state index contributed by atoms with van der Waals surface area (Å²) in [5.41, 5.74) is 0.872. The lowest BCUT2D eigenvalue weighted by molar-refractivity contribution is -0.138. The maximum atomic E-state index is 13.5. The summed E-state index contributed by atoms with van der Waals surface area (Å²) < 4.78 is 47.4. The van der Waals surface area contributed by atoms with Crippen molar-refractivity contribution in [2.45, 2.75) is 12.8 Å². The number of hydrogen-bond donors (Lipinski definition) is 3. The van der Waals surface area contributed by atoms with Crippen LogP contribution in [0.2, 0.25) is 5.02 Å². The third kappa shape index (κ3) is 4.64. The highest BCUT2D eigenvalue weighted by atomic mass is 35.5. The number of halogens is 4. The van der Waals surface area contributed by atoms with Crippen molar-refractivity contribution in [1.29, 1.82) is 0 Å². The summed E-state index contributed by atoms with van der Waals surface area (Å²) >= 11 is 5.85. The number of carbonyl (C=O) groups is 1. The molecule has 0 saturated heterocycles. The molecule has 0 saturated carbocycles. The Bertz CT molecular complexity index is 1040. The van der Waals surface area contributed by atoms with Gasteiger partial charge >= 0.3 is 12.2 Å². The van der Waals surface area contributed by atoms with Crippen molar-refractivity contribution in [3.63, 3.8) is 0 Å². The highest BCUT2D eigenvalue weighted by Gasteiger charge is 2.35. The second-order valence-corrected chi connectivity index (χ2v) is 6.42. The topological polar surface area (TPSA) is 111 Å². The molecule has 8 nitrogen and oxygen atoms in total. The smallest absolute Gasteiger partial charge is 0.416 e. The fourth-order valence-corrected chi connectivity index (χ4v) is 2.79. The highest BCUT2D eigenvalue weighted by molar-refractivity contribution is 6.30. The number of urea groups is 1. The Morgan fingerprint density at radius 2 is 1.90 bits per heavy atom. The Kier molecular flexibility index (Phi) is 6.15. The number of nitrogens with two attached hydrogens (primary N) is 2. The zero-order valence-electron chi connectivity index (χ0n) is 15.2. The summed E-state index contributed by atoms with van der Waals surface area (Å²) in [5, 5.41) is 5.19. The molecule has 1 heterocycles. The Hall–Kier alpha value is -3.28. The predicted octanol–water partition coefficient (Wildman–Crippen LogP) is 3.39. The van der Waals surface area contributed by atoms with Gasteiger partial charge in [-0.05, 0) is 36.4 Å². The number of alkyl halides is 3. The van der Waals surface area contributed by atoms with Gasteiger partial charge in [0.05, 0.1) is 16.9 Å². The van der Waals surface area contributed by atoms with Gasteiger partial charge in [-0.3, -0.25) is 5.43 Å². The van der Waals surface area contributed by atoms with Crippen LogP contribution in [0.15, 0.2) is 54.7 Å². The summed E-state index contributed by atoms with van der Waals surface area (Å²) in [6, 6.07) is 10.5. The molecular weight excluding hydrogens is 425 g/mol. The molecule has 1 aromatic heterocycles. The van der Waals surface area contributed by atoms with Crippen molar-refractivity contribution >= 4 is 23.3 Å². The van der Waals surface area contributed by atoms with Crippen molar-refractivity contribution in [3.05, 3.63) is 70.9 Å². The number of amides is 2. The molecule has 12 heteroatoms. The van der Waals surface area contributed by atoms with Crippen LogP contribution in [0.25, 0.3) is 5.69 Å². The van der Waals surface area contributed by atoms with Crippen molar-refractivity contribution in [3.8, 4) is 11.6 Å². The molecule has 3 rings (SSSR count). The van der Waals surface area contributed by atoms with Crippen LogP contribution in [0.4, 0.5) is 23.7 Å². The van der Waals surface area contributed by atoms with Crippen molar-refractivity contribution in [1.82, 2.24) is 15.2 Å². The number of anilines is 1. The molecule has 5 N–H and O–H groups in total. The molecular formula is C18H16ClF3N6O2. The fourth-order valence-electron chi connectivity index (χ4n) is 2.66.